The predicted molar refractivity (Wildman–Crippen MR) is 136 cm³/mol. The van der Waals surface area contributed by atoms with Crippen molar-refractivity contribution in [2.75, 3.05) is 0 Å². The lowest BCUT2D eigenvalue weighted by Gasteiger charge is -2.11. The van der Waals surface area contributed by atoms with Crippen LogP contribution < -0.4 is 0 Å². The molecule has 0 N–H and O–H groups in total. The maximum Gasteiger partial charge on any atom is 0.147 e. The number of aryl methyl sites for hydroxylation is 1. The van der Waals surface area contributed by atoms with Gasteiger partial charge in [-0.15, -0.1) is 0 Å². The molecule has 0 spiro atoms. The van der Waals surface area contributed by atoms with Crippen LogP contribution in [0.15, 0.2) is 115 Å². The Balaban J connectivity index is 1.69. The Morgan fingerprint density at radius 3 is 1.55 bits per heavy atom. The van der Waals surface area contributed by atoms with Gasteiger partial charge in [-0.25, -0.2) is 4.39 Å². The molecule has 1 heterocycles. The van der Waals surface area contributed by atoms with Crippen LogP contribution in [0, 0.1) is 12.7 Å². The van der Waals surface area contributed by atoms with Gasteiger partial charge in [-0.05, 0) is 71.1 Å². The van der Waals surface area contributed by atoms with Gasteiger partial charge in [0.2, 0.25) is 0 Å². The van der Waals surface area contributed by atoms with Gasteiger partial charge in [0, 0.05) is 10.8 Å². The fraction of sp³-hybridized carbons (Fsp3) is 0.0323. The van der Waals surface area contributed by atoms with Gasteiger partial charge in [-0.3, -0.25) is 0 Å². The van der Waals surface area contributed by atoms with Crippen LogP contribution in [-0.4, -0.2) is 4.57 Å². The molecule has 1 aromatic heterocycles. The van der Waals surface area contributed by atoms with Crippen molar-refractivity contribution in [3.05, 3.63) is 127 Å². The first-order chi connectivity index (χ1) is 16.2. The average Bonchev–Trinajstić information content (AvgIpc) is 3.19. The van der Waals surface area contributed by atoms with E-state index in [1.54, 1.807) is 6.07 Å². The minimum Gasteiger partial charge on any atom is -0.306 e. The molecule has 2 heteroatoms. The van der Waals surface area contributed by atoms with Gasteiger partial charge in [-0.1, -0.05) is 78.9 Å². The molecule has 1 nitrogen and oxygen atoms in total. The third-order valence-electron chi connectivity index (χ3n) is 6.32. The Labute approximate surface area is 192 Å². The van der Waals surface area contributed by atoms with Crippen LogP contribution in [-0.2, 0) is 0 Å². The lowest BCUT2D eigenvalue weighted by atomic mass is 10.0. The highest BCUT2D eigenvalue weighted by molar-refractivity contribution is 6.11. The second kappa shape index (κ2) is 7.75. The van der Waals surface area contributed by atoms with Crippen molar-refractivity contribution in [1.82, 2.24) is 4.57 Å². The molecule has 0 atom stereocenters. The van der Waals surface area contributed by atoms with Crippen molar-refractivity contribution in [2.24, 2.45) is 0 Å². The van der Waals surface area contributed by atoms with E-state index in [-0.39, 0.29) is 5.82 Å². The largest absolute Gasteiger partial charge is 0.306 e. The quantitative estimate of drug-likeness (QED) is 0.267. The summed E-state index contributed by atoms with van der Waals surface area (Å²) in [5.74, 6) is -0.223. The van der Waals surface area contributed by atoms with E-state index in [1.807, 2.05) is 31.2 Å². The number of nitrogens with zero attached hydrogens (tertiary/aromatic N) is 1. The van der Waals surface area contributed by atoms with E-state index in [0.717, 1.165) is 38.5 Å². The van der Waals surface area contributed by atoms with Gasteiger partial charge < -0.3 is 4.57 Å². The molecule has 0 bridgehead atoms. The summed E-state index contributed by atoms with van der Waals surface area (Å²) in [6, 6.07) is 39.0. The van der Waals surface area contributed by atoms with E-state index in [1.165, 1.54) is 11.1 Å². The van der Waals surface area contributed by atoms with Crippen LogP contribution in [0.1, 0.15) is 5.56 Å². The Morgan fingerprint density at radius 1 is 0.515 bits per heavy atom. The van der Waals surface area contributed by atoms with Crippen LogP contribution in [0.3, 0.4) is 0 Å². The maximum absolute atomic E-state index is 15.1. The fourth-order valence-corrected chi connectivity index (χ4v) is 4.70. The summed E-state index contributed by atoms with van der Waals surface area (Å²) >= 11 is 0. The monoisotopic (exact) mass is 427 g/mol. The predicted octanol–water partition coefficient (Wildman–Crippen LogP) is 8.57. The van der Waals surface area contributed by atoms with Gasteiger partial charge in [0.05, 0.1) is 16.7 Å². The lowest BCUT2D eigenvalue weighted by molar-refractivity contribution is 0.620. The number of rotatable bonds is 3. The maximum atomic E-state index is 15.1. The number of halogens is 1. The smallest absolute Gasteiger partial charge is 0.147 e. The van der Waals surface area contributed by atoms with E-state index >= 15 is 4.39 Å². The van der Waals surface area contributed by atoms with Crippen molar-refractivity contribution < 1.29 is 4.39 Å². The normalized spacial score (nSPS) is 11.3. The number of hydrogen-bond donors (Lipinski definition) is 0. The topological polar surface area (TPSA) is 4.93 Å². The number of fused-ring (bicyclic) bond motifs is 3. The first kappa shape index (κ1) is 19.5. The molecular formula is C31H22FN. The molecule has 0 unspecified atom stereocenters. The Bertz CT molecular complexity index is 1520. The zero-order chi connectivity index (χ0) is 22.4. The summed E-state index contributed by atoms with van der Waals surface area (Å²) in [4.78, 5) is 0. The van der Waals surface area contributed by atoms with Crippen molar-refractivity contribution in [2.45, 2.75) is 6.92 Å². The van der Waals surface area contributed by atoms with Gasteiger partial charge in [-0.2, -0.15) is 0 Å². The molecule has 33 heavy (non-hydrogen) atoms. The van der Waals surface area contributed by atoms with Crippen LogP contribution in [0.5, 0.6) is 0 Å². The first-order valence-electron chi connectivity index (χ1n) is 11.1. The highest BCUT2D eigenvalue weighted by atomic mass is 19.1. The minimum atomic E-state index is -0.223. The molecule has 0 aliphatic carbocycles. The van der Waals surface area contributed by atoms with Gasteiger partial charge in [0.1, 0.15) is 5.82 Å². The van der Waals surface area contributed by atoms with Crippen LogP contribution in [0.2, 0.25) is 0 Å². The third kappa shape index (κ3) is 3.32. The average molecular weight is 428 g/mol. The van der Waals surface area contributed by atoms with Crippen LogP contribution in [0.25, 0.3) is 49.7 Å². The Hall–Kier alpha value is -4.17. The zero-order valence-corrected chi connectivity index (χ0v) is 18.3. The van der Waals surface area contributed by atoms with E-state index in [9.17, 15) is 0 Å². The fourth-order valence-electron chi connectivity index (χ4n) is 4.70. The van der Waals surface area contributed by atoms with Crippen LogP contribution >= 0.6 is 0 Å². The molecule has 0 saturated heterocycles. The molecule has 5 aromatic carbocycles. The summed E-state index contributed by atoms with van der Waals surface area (Å²) in [7, 11) is 0. The second-order valence-corrected chi connectivity index (χ2v) is 8.49. The van der Waals surface area contributed by atoms with Crippen molar-refractivity contribution in [1.29, 1.82) is 0 Å². The zero-order valence-electron chi connectivity index (χ0n) is 18.3. The number of hydrogen-bond acceptors (Lipinski definition) is 0. The molecule has 0 aliphatic heterocycles. The summed E-state index contributed by atoms with van der Waals surface area (Å²) < 4.78 is 17.1. The molecule has 0 fully saturated rings. The second-order valence-electron chi connectivity index (χ2n) is 8.49. The van der Waals surface area contributed by atoms with E-state index in [2.05, 4.69) is 89.5 Å². The molecular weight excluding hydrogens is 405 g/mol. The van der Waals surface area contributed by atoms with Crippen molar-refractivity contribution >= 4 is 21.8 Å². The van der Waals surface area contributed by atoms with Gasteiger partial charge >= 0.3 is 0 Å². The molecule has 0 saturated carbocycles. The standard InChI is InChI=1S/C31H22FN/c1-21-12-15-28(32)31(18-21)33-29-16-13-24(22-8-4-2-5-9-22)19-26(29)27-20-25(14-17-30(27)33)23-10-6-3-7-11-23/h2-20H,1H3. The van der Waals surface area contributed by atoms with E-state index in [0.29, 0.717) is 5.69 Å². The molecule has 158 valence electrons. The third-order valence-corrected chi connectivity index (χ3v) is 6.32. The molecule has 6 rings (SSSR count). The summed E-state index contributed by atoms with van der Waals surface area (Å²) in [6.07, 6.45) is 0. The van der Waals surface area contributed by atoms with Crippen molar-refractivity contribution in [3.8, 4) is 27.9 Å². The van der Waals surface area contributed by atoms with Crippen LogP contribution in [0.4, 0.5) is 4.39 Å². The molecule has 6 aromatic rings. The summed E-state index contributed by atoms with van der Waals surface area (Å²) in [6.45, 7) is 2.00. The highest BCUT2D eigenvalue weighted by Crippen LogP contribution is 2.37. The molecule has 0 aliphatic rings. The Kier molecular flexibility index (Phi) is 4.58. The first-order valence-corrected chi connectivity index (χ1v) is 11.1. The van der Waals surface area contributed by atoms with Gasteiger partial charge in [0.25, 0.3) is 0 Å². The summed E-state index contributed by atoms with van der Waals surface area (Å²) in [5.41, 5.74) is 8.24. The molecule has 0 amide bonds. The number of benzene rings is 5. The van der Waals surface area contributed by atoms with E-state index < -0.39 is 0 Å². The van der Waals surface area contributed by atoms with Gasteiger partial charge in [0.15, 0.2) is 0 Å². The summed E-state index contributed by atoms with van der Waals surface area (Å²) in [5, 5.41) is 2.23. The SMILES string of the molecule is Cc1ccc(F)c(-n2c3ccc(-c4ccccc4)cc3c3cc(-c4ccccc4)ccc32)c1. The highest BCUT2D eigenvalue weighted by Gasteiger charge is 2.16. The lowest BCUT2D eigenvalue weighted by Crippen LogP contribution is -1.98. The molecule has 0 radical (unpaired) electrons. The van der Waals surface area contributed by atoms with E-state index in [4.69, 9.17) is 0 Å². The number of aromatic nitrogens is 1. The minimum absolute atomic E-state index is 0.223. The van der Waals surface area contributed by atoms with Crippen molar-refractivity contribution in [3.63, 3.8) is 0 Å². The Morgan fingerprint density at radius 2 is 1.03 bits per heavy atom.